The van der Waals surface area contributed by atoms with Crippen molar-refractivity contribution in [2.75, 3.05) is 29.9 Å². The van der Waals surface area contributed by atoms with Crippen molar-refractivity contribution in [3.05, 3.63) is 63.7 Å². The van der Waals surface area contributed by atoms with Gasteiger partial charge in [0.25, 0.3) is 11.6 Å². The van der Waals surface area contributed by atoms with E-state index in [4.69, 9.17) is 0 Å². The number of carbonyl (C=O) groups is 1. The first-order valence-electron chi connectivity index (χ1n) is 9.19. The molecule has 1 saturated heterocycles. The first-order chi connectivity index (χ1) is 13.5. The third-order valence-electron chi connectivity index (χ3n) is 4.65. The van der Waals surface area contributed by atoms with Crippen LogP contribution in [-0.4, -0.2) is 36.7 Å². The van der Waals surface area contributed by atoms with Crippen LogP contribution in [0.25, 0.3) is 0 Å². The number of nitro benzene ring substituents is 1. The fraction of sp³-hybridized carbons (Fsp3) is 0.300. The zero-order valence-electron chi connectivity index (χ0n) is 15.7. The van der Waals surface area contributed by atoms with Crippen LogP contribution in [0.3, 0.4) is 0 Å². The second-order valence-corrected chi connectivity index (χ2v) is 6.66. The molecule has 2 aromatic carbocycles. The summed E-state index contributed by atoms with van der Waals surface area (Å²) in [6.07, 6.45) is 3.65. The smallest absolute Gasteiger partial charge is 0.270 e. The SMILES string of the molecule is Cc1ccccc1NCC(=O)NN=Cc1cc([N+](=O)[O-])ccc1N1CCCC1. The topological polar surface area (TPSA) is 99.9 Å². The highest BCUT2D eigenvalue weighted by Crippen LogP contribution is 2.27. The molecule has 1 aliphatic heterocycles. The number of benzene rings is 2. The third-order valence-corrected chi connectivity index (χ3v) is 4.65. The van der Waals surface area contributed by atoms with Crippen LogP contribution in [0.4, 0.5) is 17.1 Å². The predicted octanol–water partition coefficient (Wildman–Crippen LogP) is 3.07. The lowest BCUT2D eigenvalue weighted by atomic mass is 10.1. The van der Waals surface area contributed by atoms with Crippen molar-refractivity contribution >= 4 is 29.2 Å². The minimum Gasteiger partial charge on any atom is -0.376 e. The third kappa shape index (κ3) is 4.85. The number of hydrazone groups is 1. The largest absolute Gasteiger partial charge is 0.376 e. The number of nitro groups is 1. The lowest BCUT2D eigenvalue weighted by molar-refractivity contribution is -0.384. The van der Waals surface area contributed by atoms with Gasteiger partial charge in [-0.15, -0.1) is 0 Å². The normalized spacial score (nSPS) is 13.7. The van der Waals surface area contributed by atoms with Crippen molar-refractivity contribution in [1.29, 1.82) is 0 Å². The number of non-ortho nitro benzene ring substituents is 1. The molecule has 3 rings (SSSR count). The highest BCUT2D eigenvalue weighted by molar-refractivity contribution is 5.90. The quantitative estimate of drug-likeness (QED) is 0.436. The van der Waals surface area contributed by atoms with E-state index in [0.29, 0.717) is 5.56 Å². The Morgan fingerprint density at radius 1 is 1.25 bits per heavy atom. The van der Waals surface area contributed by atoms with E-state index in [0.717, 1.165) is 42.9 Å². The molecular formula is C20H23N5O3. The van der Waals surface area contributed by atoms with Crippen LogP contribution >= 0.6 is 0 Å². The van der Waals surface area contributed by atoms with Crippen LogP contribution in [0.5, 0.6) is 0 Å². The molecule has 0 aromatic heterocycles. The molecule has 8 nitrogen and oxygen atoms in total. The van der Waals surface area contributed by atoms with Crippen LogP contribution in [0.2, 0.25) is 0 Å². The number of carbonyl (C=O) groups excluding carboxylic acids is 1. The van der Waals surface area contributed by atoms with E-state index in [9.17, 15) is 14.9 Å². The number of nitrogens with one attached hydrogen (secondary N) is 2. The van der Waals surface area contributed by atoms with Crippen molar-refractivity contribution < 1.29 is 9.72 Å². The molecule has 1 fully saturated rings. The highest BCUT2D eigenvalue weighted by atomic mass is 16.6. The number of rotatable bonds is 7. The van der Waals surface area contributed by atoms with E-state index in [1.165, 1.54) is 18.3 Å². The van der Waals surface area contributed by atoms with E-state index < -0.39 is 4.92 Å². The zero-order chi connectivity index (χ0) is 19.9. The van der Waals surface area contributed by atoms with Crippen molar-refractivity contribution in [3.8, 4) is 0 Å². The Bertz CT molecular complexity index is 891. The van der Waals surface area contributed by atoms with E-state index >= 15 is 0 Å². The van der Waals surface area contributed by atoms with Gasteiger partial charge in [0.05, 0.1) is 17.7 Å². The molecule has 0 bridgehead atoms. The van der Waals surface area contributed by atoms with E-state index in [2.05, 4.69) is 20.7 Å². The maximum atomic E-state index is 12.0. The number of hydrogen-bond donors (Lipinski definition) is 2. The molecule has 28 heavy (non-hydrogen) atoms. The molecule has 1 amide bonds. The maximum Gasteiger partial charge on any atom is 0.270 e. The zero-order valence-corrected chi connectivity index (χ0v) is 15.7. The van der Waals surface area contributed by atoms with Gasteiger partial charge in [-0.25, -0.2) is 5.43 Å². The Morgan fingerprint density at radius 2 is 2.00 bits per heavy atom. The number of para-hydroxylation sites is 1. The first kappa shape index (κ1) is 19.3. The molecule has 0 saturated carbocycles. The summed E-state index contributed by atoms with van der Waals surface area (Å²) in [5.74, 6) is -0.298. The molecule has 0 aliphatic carbocycles. The highest BCUT2D eigenvalue weighted by Gasteiger charge is 2.17. The number of anilines is 2. The van der Waals surface area contributed by atoms with Gasteiger partial charge in [0.15, 0.2) is 0 Å². The maximum absolute atomic E-state index is 12.0. The summed E-state index contributed by atoms with van der Waals surface area (Å²) in [4.78, 5) is 24.9. The second-order valence-electron chi connectivity index (χ2n) is 6.66. The van der Waals surface area contributed by atoms with E-state index in [-0.39, 0.29) is 18.1 Å². The number of hydrogen-bond acceptors (Lipinski definition) is 6. The molecule has 0 unspecified atom stereocenters. The summed E-state index contributed by atoms with van der Waals surface area (Å²) in [7, 11) is 0. The Hall–Kier alpha value is -3.42. The van der Waals surface area contributed by atoms with Gasteiger partial charge in [-0.1, -0.05) is 18.2 Å². The summed E-state index contributed by atoms with van der Waals surface area (Å²) in [6, 6.07) is 12.4. The van der Waals surface area contributed by atoms with Crippen LogP contribution in [0, 0.1) is 17.0 Å². The second kappa shape index (κ2) is 8.98. The Balaban J connectivity index is 1.65. The first-order valence-corrected chi connectivity index (χ1v) is 9.19. The number of aryl methyl sites for hydroxylation is 1. The van der Waals surface area contributed by atoms with E-state index in [1.807, 2.05) is 31.2 Å². The summed E-state index contributed by atoms with van der Waals surface area (Å²) in [5.41, 5.74) is 5.90. The van der Waals surface area contributed by atoms with Crippen LogP contribution in [0.1, 0.15) is 24.0 Å². The van der Waals surface area contributed by atoms with Gasteiger partial charge < -0.3 is 10.2 Å². The lowest BCUT2D eigenvalue weighted by Crippen LogP contribution is -2.26. The van der Waals surface area contributed by atoms with Gasteiger partial charge in [0.2, 0.25) is 0 Å². The Kier molecular flexibility index (Phi) is 6.21. The summed E-state index contributed by atoms with van der Waals surface area (Å²) in [6.45, 7) is 3.85. The van der Waals surface area contributed by atoms with Crippen molar-refractivity contribution in [1.82, 2.24) is 5.43 Å². The average Bonchev–Trinajstić information content (AvgIpc) is 3.22. The van der Waals surface area contributed by atoms with Crippen molar-refractivity contribution in [2.45, 2.75) is 19.8 Å². The van der Waals surface area contributed by atoms with E-state index in [1.54, 1.807) is 6.07 Å². The van der Waals surface area contributed by atoms with Gasteiger partial charge in [-0.2, -0.15) is 5.10 Å². The standard InChI is InChI=1S/C20H23N5O3/c1-15-6-2-3-7-18(15)21-14-20(26)23-22-13-16-12-17(25(27)28)8-9-19(16)24-10-4-5-11-24/h2-3,6-9,12-13,21H,4-5,10-11,14H2,1H3,(H,23,26). The molecule has 0 atom stereocenters. The minimum absolute atomic E-state index is 0.00283. The van der Waals surface area contributed by atoms with Crippen molar-refractivity contribution in [2.24, 2.45) is 5.10 Å². The molecular weight excluding hydrogens is 358 g/mol. The number of amides is 1. The molecule has 8 heteroatoms. The molecule has 0 radical (unpaired) electrons. The fourth-order valence-electron chi connectivity index (χ4n) is 3.16. The van der Waals surface area contributed by atoms with Crippen LogP contribution in [-0.2, 0) is 4.79 Å². The van der Waals surface area contributed by atoms with Crippen molar-refractivity contribution in [3.63, 3.8) is 0 Å². The summed E-state index contributed by atoms with van der Waals surface area (Å²) < 4.78 is 0. The van der Waals surface area contributed by atoms with Gasteiger partial charge in [-0.05, 0) is 37.5 Å². The van der Waals surface area contributed by atoms with Gasteiger partial charge in [-0.3, -0.25) is 14.9 Å². The van der Waals surface area contributed by atoms with Gasteiger partial charge in [0, 0.05) is 42.2 Å². The monoisotopic (exact) mass is 381 g/mol. The molecule has 1 heterocycles. The molecule has 2 aromatic rings. The molecule has 0 spiro atoms. The Morgan fingerprint density at radius 3 is 2.71 bits per heavy atom. The molecule has 2 N–H and O–H groups in total. The molecule has 146 valence electrons. The lowest BCUT2D eigenvalue weighted by Gasteiger charge is -2.19. The molecule has 1 aliphatic rings. The van der Waals surface area contributed by atoms with Crippen LogP contribution < -0.4 is 15.6 Å². The average molecular weight is 381 g/mol. The van der Waals surface area contributed by atoms with Gasteiger partial charge in [0.1, 0.15) is 0 Å². The predicted molar refractivity (Wildman–Crippen MR) is 110 cm³/mol. The Labute approximate surface area is 163 Å². The number of nitrogens with zero attached hydrogens (tertiary/aromatic N) is 3. The van der Waals surface area contributed by atoms with Crippen LogP contribution in [0.15, 0.2) is 47.6 Å². The fourth-order valence-corrected chi connectivity index (χ4v) is 3.16. The summed E-state index contributed by atoms with van der Waals surface area (Å²) >= 11 is 0. The minimum atomic E-state index is -0.435. The van der Waals surface area contributed by atoms with Gasteiger partial charge >= 0.3 is 0 Å². The summed E-state index contributed by atoms with van der Waals surface area (Å²) in [5, 5.41) is 18.1.